The first-order chi connectivity index (χ1) is 11.3. The van der Waals surface area contributed by atoms with E-state index in [0.29, 0.717) is 29.7 Å². The number of sulfonamides is 1. The highest BCUT2D eigenvalue weighted by Crippen LogP contribution is 2.27. The van der Waals surface area contributed by atoms with Gasteiger partial charge in [0.25, 0.3) is 0 Å². The molecule has 0 aliphatic heterocycles. The minimum absolute atomic E-state index is 0.223. The molecule has 0 radical (unpaired) electrons. The van der Waals surface area contributed by atoms with E-state index in [1.807, 2.05) is 0 Å². The highest BCUT2D eigenvalue weighted by Gasteiger charge is 2.16. The topological polar surface area (TPSA) is 55.8 Å². The van der Waals surface area contributed by atoms with Crippen LogP contribution in [-0.2, 0) is 10.0 Å². The third-order valence-corrected chi connectivity index (χ3v) is 5.79. The molecule has 8 heteroatoms. The second kappa shape index (κ2) is 8.20. The van der Waals surface area contributed by atoms with Crippen LogP contribution in [-0.4, -0.2) is 40.0 Å². The maximum Gasteiger partial charge on any atom is 0.242 e. The normalized spacial score (nSPS) is 11.5. The average Bonchev–Trinajstić information content (AvgIpc) is 2.53. The van der Waals surface area contributed by atoms with Crippen LogP contribution >= 0.6 is 27.5 Å². The first-order valence-electron chi connectivity index (χ1n) is 7.04. The van der Waals surface area contributed by atoms with Crippen LogP contribution < -0.4 is 9.47 Å². The summed E-state index contributed by atoms with van der Waals surface area (Å²) in [6.45, 7) is 0.673. The minimum Gasteiger partial charge on any atom is -0.490 e. The molecule has 0 fully saturated rings. The number of ether oxygens (including phenoxy) is 2. The molecule has 24 heavy (non-hydrogen) atoms. The van der Waals surface area contributed by atoms with E-state index in [1.54, 1.807) is 30.3 Å². The standard InChI is InChI=1S/C16H17BrClNO4S/c1-19(2)24(20,21)14-6-4-13(5-7-14)22-9-10-23-16-8-3-12(18)11-15(16)17/h3-8,11H,9-10H2,1-2H3. The predicted molar refractivity (Wildman–Crippen MR) is 97.5 cm³/mol. The van der Waals surface area contributed by atoms with Crippen LogP contribution in [0.5, 0.6) is 11.5 Å². The van der Waals surface area contributed by atoms with Crippen molar-refractivity contribution in [2.45, 2.75) is 4.90 Å². The number of hydrogen-bond acceptors (Lipinski definition) is 4. The van der Waals surface area contributed by atoms with Crippen molar-refractivity contribution < 1.29 is 17.9 Å². The van der Waals surface area contributed by atoms with Gasteiger partial charge in [-0.2, -0.15) is 0 Å². The first kappa shape index (κ1) is 19.1. The molecular formula is C16H17BrClNO4S. The number of halogens is 2. The predicted octanol–water partition coefficient (Wildman–Crippen LogP) is 3.81. The van der Waals surface area contributed by atoms with Gasteiger partial charge >= 0.3 is 0 Å². The fourth-order valence-corrected chi connectivity index (χ4v) is 3.52. The van der Waals surface area contributed by atoms with Crippen LogP contribution in [0.15, 0.2) is 51.8 Å². The smallest absolute Gasteiger partial charge is 0.242 e. The lowest BCUT2D eigenvalue weighted by Crippen LogP contribution is -2.22. The summed E-state index contributed by atoms with van der Waals surface area (Å²) < 4.78 is 37.0. The Labute approximate surface area is 155 Å². The number of nitrogens with zero attached hydrogens (tertiary/aromatic N) is 1. The van der Waals surface area contributed by atoms with Gasteiger partial charge in [0.15, 0.2) is 0 Å². The molecule has 2 rings (SSSR count). The molecule has 0 bridgehead atoms. The molecule has 0 spiro atoms. The second-order valence-corrected chi connectivity index (χ2v) is 8.47. The Kier molecular flexibility index (Phi) is 6.51. The summed E-state index contributed by atoms with van der Waals surface area (Å²) in [5, 5.41) is 0.623. The molecule has 130 valence electrons. The van der Waals surface area contributed by atoms with Gasteiger partial charge in [-0.15, -0.1) is 0 Å². The lowest BCUT2D eigenvalue weighted by Gasteiger charge is -2.12. The monoisotopic (exact) mass is 433 g/mol. The van der Waals surface area contributed by atoms with Crippen molar-refractivity contribution in [3.05, 3.63) is 52.0 Å². The summed E-state index contributed by atoms with van der Waals surface area (Å²) in [6, 6.07) is 11.5. The van der Waals surface area contributed by atoms with Crippen LogP contribution in [0.3, 0.4) is 0 Å². The van der Waals surface area contributed by atoms with E-state index in [-0.39, 0.29) is 4.90 Å². The molecule has 0 atom stereocenters. The van der Waals surface area contributed by atoms with Crippen LogP contribution in [0.25, 0.3) is 0 Å². The quantitative estimate of drug-likeness (QED) is 0.622. The maximum atomic E-state index is 12.0. The van der Waals surface area contributed by atoms with E-state index < -0.39 is 10.0 Å². The Morgan fingerprint density at radius 3 is 2.25 bits per heavy atom. The fraction of sp³-hybridized carbons (Fsp3) is 0.250. The van der Waals surface area contributed by atoms with Gasteiger partial charge in [0, 0.05) is 19.1 Å². The van der Waals surface area contributed by atoms with Crippen molar-refractivity contribution in [3.8, 4) is 11.5 Å². The van der Waals surface area contributed by atoms with Gasteiger partial charge in [0.1, 0.15) is 24.7 Å². The van der Waals surface area contributed by atoms with Crippen LogP contribution in [0.2, 0.25) is 5.02 Å². The van der Waals surface area contributed by atoms with E-state index in [9.17, 15) is 8.42 Å². The SMILES string of the molecule is CN(C)S(=O)(=O)c1ccc(OCCOc2ccc(Cl)cc2Br)cc1. The lowest BCUT2D eigenvalue weighted by molar-refractivity contribution is 0.216. The average molecular weight is 435 g/mol. The zero-order valence-corrected chi connectivity index (χ0v) is 16.4. The van der Waals surface area contributed by atoms with Gasteiger partial charge in [-0.05, 0) is 58.4 Å². The molecule has 0 aromatic heterocycles. The molecule has 0 unspecified atom stereocenters. The molecule has 2 aromatic rings. The lowest BCUT2D eigenvalue weighted by atomic mass is 10.3. The van der Waals surface area contributed by atoms with Crippen LogP contribution in [0.4, 0.5) is 0 Å². The van der Waals surface area contributed by atoms with Crippen molar-refractivity contribution in [2.75, 3.05) is 27.3 Å². The van der Waals surface area contributed by atoms with Crippen LogP contribution in [0, 0.1) is 0 Å². The van der Waals surface area contributed by atoms with Crippen LogP contribution in [0.1, 0.15) is 0 Å². The number of benzene rings is 2. The minimum atomic E-state index is -3.43. The third-order valence-electron chi connectivity index (χ3n) is 3.11. The molecule has 0 aliphatic rings. The highest BCUT2D eigenvalue weighted by molar-refractivity contribution is 9.10. The zero-order chi connectivity index (χ0) is 17.7. The third kappa shape index (κ3) is 4.86. The van der Waals surface area contributed by atoms with Crippen molar-refractivity contribution in [2.24, 2.45) is 0 Å². The summed E-state index contributed by atoms with van der Waals surface area (Å²) in [5.74, 6) is 1.25. The highest BCUT2D eigenvalue weighted by atomic mass is 79.9. The Morgan fingerprint density at radius 1 is 1.04 bits per heavy atom. The van der Waals surface area contributed by atoms with E-state index in [0.717, 1.165) is 4.47 Å². The summed E-state index contributed by atoms with van der Waals surface area (Å²) in [7, 11) is -0.442. The van der Waals surface area contributed by atoms with Gasteiger partial charge in [0.2, 0.25) is 10.0 Å². The zero-order valence-electron chi connectivity index (χ0n) is 13.2. The Hall–Kier alpha value is -1.28. The van der Waals surface area contributed by atoms with Crippen molar-refractivity contribution in [1.82, 2.24) is 4.31 Å². The largest absolute Gasteiger partial charge is 0.490 e. The molecule has 0 aliphatic carbocycles. The molecule has 0 heterocycles. The van der Waals surface area contributed by atoms with Gasteiger partial charge in [0.05, 0.1) is 9.37 Å². The van der Waals surface area contributed by atoms with Gasteiger partial charge < -0.3 is 9.47 Å². The fourth-order valence-electron chi connectivity index (χ4n) is 1.82. The van der Waals surface area contributed by atoms with E-state index in [4.69, 9.17) is 21.1 Å². The maximum absolute atomic E-state index is 12.0. The summed E-state index contributed by atoms with van der Waals surface area (Å²) >= 11 is 9.24. The summed E-state index contributed by atoms with van der Waals surface area (Å²) in [6.07, 6.45) is 0. The van der Waals surface area contributed by atoms with Crippen molar-refractivity contribution in [1.29, 1.82) is 0 Å². The molecular weight excluding hydrogens is 418 g/mol. The molecule has 0 saturated heterocycles. The molecule has 2 aromatic carbocycles. The van der Waals surface area contributed by atoms with E-state index >= 15 is 0 Å². The van der Waals surface area contributed by atoms with Crippen molar-refractivity contribution >= 4 is 37.6 Å². The number of hydrogen-bond donors (Lipinski definition) is 0. The molecule has 5 nitrogen and oxygen atoms in total. The summed E-state index contributed by atoms with van der Waals surface area (Å²) in [4.78, 5) is 0.223. The van der Waals surface area contributed by atoms with Gasteiger partial charge in [-0.3, -0.25) is 0 Å². The van der Waals surface area contributed by atoms with E-state index in [2.05, 4.69) is 15.9 Å². The van der Waals surface area contributed by atoms with Crippen molar-refractivity contribution in [3.63, 3.8) is 0 Å². The molecule has 0 saturated carbocycles. The Morgan fingerprint density at radius 2 is 1.67 bits per heavy atom. The van der Waals surface area contributed by atoms with Gasteiger partial charge in [-0.1, -0.05) is 11.6 Å². The molecule has 0 N–H and O–H groups in total. The number of rotatable bonds is 7. The van der Waals surface area contributed by atoms with Gasteiger partial charge in [-0.25, -0.2) is 12.7 Å². The first-order valence-corrected chi connectivity index (χ1v) is 9.65. The molecule has 0 amide bonds. The summed E-state index contributed by atoms with van der Waals surface area (Å²) in [5.41, 5.74) is 0. The second-order valence-electron chi connectivity index (χ2n) is 5.03. The Balaban J connectivity index is 1.87. The van der Waals surface area contributed by atoms with E-state index in [1.165, 1.54) is 30.5 Å². The Bertz CT molecular complexity index is 794.